The summed E-state index contributed by atoms with van der Waals surface area (Å²) < 4.78 is 0. The standard InChI is InChI=1S/C15H20N2O2/c1-10-7-12-8-16-9-13(12)17(10)15(19)14(18)11-5-3-2-4-6-11/h2-6,10,12-14,16,18H,7-9H2,1H3. The van der Waals surface area contributed by atoms with Crippen molar-refractivity contribution in [1.82, 2.24) is 10.2 Å². The fraction of sp³-hybridized carbons (Fsp3) is 0.533. The van der Waals surface area contributed by atoms with Crippen LogP contribution in [-0.2, 0) is 4.79 Å². The molecule has 2 heterocycles. The molecule has 2 saturated heterocycles. The van der Waals surface area contributed by atoms with E-state index in [0.29, 0.717) is 11.5 Å². The molecule has 0 aliphatic carbocycles. The third-order valence-corrected chi connectivity index (χ3v) is 4.38. The Morgan fingerprint density at radius 1 is 1.37 bits per heavy atom. The van der Waals surface area contributed by atoms with Crippen LogP contribution in [0.15, 0.2) is 30.3 Å². The smallest absolute Gasteiger partial charge is 0.256 e. The predicted molar refractivity (Wildman–Crippen MR) is 72.5 cm³/mol. The number of carbonyl (C=O) groups is 1. The third kappa shape index (κ3) is 2.15. The summed E-state index contributed by atoms with van der Waals surface area (Å²) in [4.78, 5) is 14.4. The molecule has 2 aliphatic rings. The first-order valence-electron chi connectivity index (χ1n) is 6.94. The first kappa shape index (κ1) is 12.6. The molecule has 102 valence electrons. The van der Waals surface area contributed by atoms with Crippen molar-refractivity contribution < 1.29 is 9.90 Å². The van der Waals surface area contributed by atoms with E-state index in [0.717, 1.165) is 19.5 Å². The van der Waals surface area contributed by atoms with E-state index in [1.165, 1.54) is 0 Å². The number of carbonyl (C=O) groups excluding carboxylic acids is 1. The molecular formula is C15H20N2O2. The van der Waals surface area contributed by atoms with Crippen molar-refractivity contribution in [3.63, 3.8) is 0 Å². The zero-order chi connectivity index (χ0) is 13.4. The highest BCUT2D eigenvalue weighted by Crippen LogP contribution is 2.34. The zero-order valence-corrected chi connectivity index (χ0v) is 11.1. The summed E-state index contributed by atoms with van der Waals surface area (Å²) in [7, 11) is 0. The van der Waals surface area contributed by atoms with Gasteiger partial charge < -0.3 is 15.3 Å². The average molecular weight is 260 g/mol. The van der Waals surface area contributed by atoms with E-state index in [1.807, 2.05) is 23.1 Å². The van der Waals surface area contributed by atoms with Crippen LogP contribution in [0.25, 0.3) is 0 Å². The van der Waals surface area contributed by atoms with E-state index in [4.69, 9.17) is 0 Å². The van der Waals surface area contributed by atoms with Gasteiger partial charge in [-0.3, -0.25) is 4.79 Å². The highest BCUT2D eigenvalue weighted by atomic mass is 16.3. The second-order valence-corrected chi connectivity index (χ2v) is 5.63. The van der Waals surface area contributed by atoms with Gasteiger partial charge in [0, 0.05) is 25.2 Å². The Morgan fingerprint density at radius 2 is 2.11 bits per heavy atom. The molecule has 0 aromatic heterocycles. The zero-order valence-electron chi connectivity index (χ0n) is 11.1. The summed E-state index contributed by atoms with van der Waals surface area (Å²) in [6.45, 7) is 3.91. The van der Waals surface area contributed by atoms with Gasteiger partial charge in [-0.25, -0.2) is 0 Å². The third-order valence-electron chi connectivity index (χ3n) is 4.38. The van der Waals surface area contributed by atoms with E-state index >= 15 is 0 Å². The number of nitrogens with zero attached hydrogens (tertiary/aromatic N) is 1. The van der Waals surface area contributed by atoms with Crippen LogP contribution in [0.5, 0.6) is 0 Å². The summed E-state index contributed by atoms with van der Waals surface area (Å²) in [5.41, 5.74) is 0.675. The molecule has 0 radical (unpaired) electrons. The summed E-state index contributed by atoms with van der Waals surface area (Å²) in [5.74, 6) is 0.386. The second-order valence-electron chi connectivity index (χ2n) is 5.63. The quantitative estimate of drug-likeness (QED) is 0.831. The summed E-state index contributed by atoms with van der Waals surface area (Å²) in [6, 6.07) is 9.65. The van der Waals surface area contributed by atoms with E-state index in [1.54, 1.807) is 12.1 Å². The van der Waals surface area contributed by atoms with Crippen LogP contribution in [0.4, 0.5) is 0 Å². The summed E-state index contributed by atoms with van der Waals surface area (Å²) >= 11 is 0. The van der Waals surface area contributed by atoms with E-state index in [9.17, 15) is 9.90 Å². The number of rotatable bonds is 2. The molecule has 4 heteroatoms. The number of nitrogens with one attached hydrogen (secondary N) is 1. The van der Waals surface area contributed by atoms with Crippen LogP contribution in [0, 0.1) is 5.92 Å². The number of aliphatic hydroxyl groups excluding tert-OH is 1. The minimum atomic E-state index is -1.04. The van der Waals surface area contributed by atoms with Gasteiger partial charge in [0.15, 0.2) is 6.10 Å². The maximum atomic E-state index is 12.5. The Bertz CT molecular complexity index is 462. The van der Waals surface area contributed by atoms with Crippen molar-refractivity contribution in [1.29, 1.82) is 0 Å². The molecule has 0 bridgehead atoms. The molecule has 1 aromatic rings. The topological polar surface area (TPSA) is 52.6 Å². The number of hydrogen-bond acceptors (Lipinski definition) is 3. The number of likely N-dealkylation sites (tertiary alicyclic amines) is 1. The number of amides is 1. The first-order valence-corrected chi connectivity index (χ1v) is 6.94. The van der Waals surface area contributed by atoms with Gasteiger partial charge in [-0.15, -0.1) is 0 Å². The van der Waals surface area contributed by atoms with E-state index in [-0.39, 0.29) is 18.0 Å². The molecule has 1 aromatic carbocycles. The van der Waals surface area contributed by atoms with Crippen molar-refractivity contribution in [2.75, 3.05) is 13.1 Å². The maximum Gasteiger partial charge on any atom is 0.256 e. The molecule has 2 fully saturated rings. The number of aliphatic hydroxyl groups is 1. The van der Waals surface area contributed by atoms with Gasteiger partial charge in [-0.05, 0) is 24.8 Å². The fourth-order valence-electron chi connectivity index (χ4n) is 3.46. The van der Waals surface area contributed by atoms with Crippen molar-refractivity contribution >= 4 is 5.91 Å². The van der Waals surface area contributed by atoms with E-state index < -0.39 is 6.10 Å². The van der Waals surface area contributed by atoms with Gasteiger partial charge in [0.25, 0.3) is 5.91 Å². The number of hydrogen-bond donors (Lipinski definition) is 2. The average Bonchev–Trinajstić information content (AvgIpc) is 2.98. The predicted octanol–water partition coefficient (Wildman–Crippen LogP) is 0.929. The lowest BCUT2D eigenvalue weighted by molar-refractivity contribution is -0.143. The van der Waals surface area contributed by atoms with Crippen LogP contribution < -0.4 is 5.32 Å². The van der Waals surface area contributed by atoms with Crippen LogP contribution in [0.2, 0.25) is 0 Å². The minimum Gasteiger partial charge on any atom is -0.378 e. The van der Waals surface area contributed by atoms with Crippen molar-refractivity contribution in [2.24, 2.45) is 5.92 Å². The molecular weight excluding hydrogens is 240 g/mol. The Labute approximate surface area is 113 Å². The van der Waals surface area contributed by atoms with Crippen LogP contribution >= 0.6 is 0 Å². The second kappa shape index (κ2) is 4.94. The van der Waals surface area contributed by atoms with Crippen LogP contribution in [0.3, 0.4) is 0 Å². The molecule has 3 rings (SSSR count). The Hall–Kier alpha value is -1.39. The van der Waals surface area contributed by atoms with Gasteiger partial charge in [-0.1, -0.05) is 30.3 Å². The van der Waals surface area contributed by atoms with Gasteiger partial charge in [-0.2, -0.15) is 0 Å². The Balaban J connectivity index is 1.80. The highest BCUT2D eigenvalue weighted by molar-refractivity contribution is 5.83. The molecule has 4 unspecified atom stereocenters. The van der Waals surface area contributed by atoms with Crippen molar-refractivity contribution in [2.45, 2.75) is 31.5 Å². The van der Waals surface area contributed by atoms with Gasteiger partial charge in [0.1, 0.15) is 0 Å². The molecule has 4 nitrogen and oxygen atoms in total. The summed E-state index contributed by atoms with van der Waals surface area (Å²) in [5, 5.41) is 13.6. The first-order chi connectivity index (χ1) is 9.18. The normalized spacial score (nSPS) is 31.3. The summed E-state index contributed by atoms with van der Waals surface area (Å²) in [6.07, 6.45) is -0.00623. The molecule has 19 heavy (non-hydrogen) atoms. The maximum absolute atomic E-state index is 12.5. The molecule has 0 saturated carbocycles. The molecule has 1 amide bonds. The lowest BCUT2D eigenvalue weighted by atomic mass is 10.0. The van der Waals surface area contributed by atoms with Gasteiger partial charge in [0.05, 0.1) is 0 Å². The number of benzene rings is 1. The largest absolute Gasteiger partial charge is 0.378 e. The molecule has 0 spiro atoms. The Morgan fingerprint density at radius 3 is 2.84 bits per heavy atom. The van der Waals surface area contributed by atoms with Crippen LogP contribution in [-0.4, -0.2) is 41.1 Å². The fourth-order valence-corrected chi connectivity index (χ4v) is 3.46. The molecule has 2 N–H and O–H groups in total. The molecule has 2 aliphatic heterocycles. The van der Waals surface area contributed by atoms with Gasteiger partial charge >= 0.3 is 0 Å². The lowest BCUT2D eigenvalue weighted by Gasteiger charge is -2.29. The van der Waals surface area contributed by atoms with Crippen molar-refractivity contribution in [3.8, 4) is 0 Å². The van der Waals surface area contributed by atoms with E-state index in [2.05, 4.69) is 12.2 Å². The highest BCUT2D eigenvalue weighted by Gasteiger charge is 2.45. The number of fused-ring (bicyclic) bond motifs is 1. The Kier molecular flexibility index (Phi) is 3.29. The van der Waals surface area contributed by atoms with Crippen molar-refractivity contribution in [3.05, 3.63) is 35.9 Å². The monoisotopic (exact) mass is 260 g/mol. The SMILES string of the molecule is CC1CC2CNCC2N1C(=O)C(O)c1ccccc1. The molecule has 4 atom stereocenters. The van der Waals surface area contributed by atoms with Gasteiger partial charge in [0.2, 0.25) is 0 Å². The minimum absolute atomic E-state index is 0.157. The lowest BCUT2D eigenvalue weighted by Crippen LogP contribution is -2.45. The van der Waals surface area contributed by atoms with Crippen LogP contribution in [0.1, 0.15) is 25.0 Å².